The van der Waals surface area contributed by atoms with Gasteiger partial charge in [-0.25, -0.2) is 9.50 Å². The molecule has 3 rings (SSSR count). The summed E-state index contributed by atoms with van der Waals surface area (Å²) in [6.07, 6.45) is 3.40. The molecule has 2 aromatic heterocycles. The van der Waals surface area contributed by atoms with E-state index < -0.39 is 0 Å². The van der Waals surface area contributed by atoms with Gasteiger partial charge in [-0.1, -0.05) is 30.0 Å². The van der Waals surface area contributed by atoms with E-state index in [1.54, 1.807) is 4.52 Å². The van der Waals surface area contributed by atoms with Crippen molar-refractivity contribution in [1.29, 1.82) is 0 Å². The van der Waals surface area contributed by atoms with Crippen molar-refractivity contribution < 1.29 is 0 Å². The number of pyridine rings is 1. The van der Waals surface area contributed by atoms with Crippen LogP contribution < -0.4 is 0 Å². The van der Waals surface area contributed by atoms with Crippen LogP contribution in [-0.2, 0) is 0 Å². The maximum absolute atomic E-state index is 4.08. The van der Waals surface area contributed by atoms with Crippen LogP contribution in [0, 0.1) is 11.8 Å². The number of fused-ring (bicyclic) bond motifs is 1. The summed E-state index contributed by atoms with van der Waals surface area (Å²) in [5.41, 5.74) is 2.76. The summed E-state index contributed by atoms with van der Waals surface area (Å²) < 4.78 is 1.72. The average molecular weight is 219 g/mol. The van der Waals surface area contributed by atoms with Gasteiger partial charge in [0, 0.05) is 17.3 Å². The van der Waals surface area contributed by atoms with Gasteiger partial charge in [-0.3, -0.25) is 0 Å². The minimum Gasteiger partial charge on any atom is -0.220 e. The molecule has 3 aromatic rings. The van der Waals surface area contributed by atoms with Crippen LogP contribution in [0.3, 0.4) is 0 Å². The van der Waals surface area contributed by atoms with Gasteiger partial charge in [0.25, 0.3) is 0 Å². The first kappa shape index (κ1) is 9.61. The second kappa shape index (κ2) is 4.11. The lowest BCUT2D eigenvalue weighted by molar-refractivity contribution is 0.958. The molecule has 0 amide bonds. The van der Waals surface area contributed by atoms with Gasteiger partial charge in [0.05, 0.1) is 0 Å². The van der Waals surface area contributed by atoms with Crippen molar-refractivity contribution in [2.75, 3.05) is 0 Å². The van der Waals surface area contributed by atoms with E-state index in [1.165, 1.54) is 6.33 Å². The van der Waals surface area contributed by atoms with Crippen LogP contribution in [0.4, 0.5) is 0 Å². The highest BCUT2D eigenvalue weighted by atomic mass is 15.3. The standard InChI is InChI=1S/C14H9N3/c1-2-4-12(5-3-1)6-7-13-8-9-14-15-11-16-17(14)10-13/h1-5,8-11H. The number of aromatic nitrogens is 3. The highest BCUT2D eigenvalue weighted by Gasteiger charge is 1.94. The Balaban J connectivity index is 1.97. The number of benzene rings is 1. The normalized spacial score (nSPS) is 9.88. The fourth-order valence-electron chi connectivity index (χ4n) is 1.56. The third kappa shape index (κ3) is 2.01. The van der Waals surface area contributed by atoms with Crippen LogP contribution in [0.15, 0.2) is 55.0 Å². The van der Waals surface area contributed by atoms with Crippen LogP contribution in [0.25, 0.3) is 5.65 Å². The van der Waals surface area contributed by atoms with Crippen LogP contribution in [-0.4, -0.2) is 14.6 Å². The van der Waals surface area contributed by atoms with Gasteiger partial charge >= 0.3 is 0 Å². The van der Waals surface area contributed by atoms with Gasteiger partial charge in [0.1, 0.15) is 6.33 Å². The van der Waals surface area contributed by atoms with Crippen LogP contribution in [0.1, 0.15) is 11.1 Å². The quantitative estimate of drug-likeness (QED) is 0.542. The molecule has 0 saturated carbocycles. The lowest BCUT2D eigenvalue weighted by atomic mass is 10.2. The maximum atomic E-state index is 4.08. The highest BCUT2D eigenvalue weighted by Crippen LogP contribution is 2.02. The topological polar surface area (TPSA) is 30.2 Å². The minimum absolute atomic E-state index is 0.829. The first-order valence-electron chi connectivity index (χ1n) is 5.28. The van der Waals surface area contributed by atoms with Gasteiger partial charge in [-0.2, -0.15) is 5.10 Å². The summed E-state index contributed by atoms with van der Waals surface area (Å²) in [5, 5.41) is 4.07. The molecule has 0 aliphatic carbocycles. The van der Waals surface area contributed by atoms with Crippen molar-refractivity contribution in [2.24, 2.45) is 0 Å². The van der Waals surface area contributed by atoms with Crippen molar-refractivity contribution in [3.05, 3.63) is 66.1 Å². The molecule has 80 valence electrons. The monoisotopic (exact) mass is 219 g/mol. The zero-order chi connectivity index (χ0) is 11.5. The molecule has 3 heteroatoms. The Kier molecular flexibility index (Phi) is 2.32. The van der Waals surface area contributed by atoms with Gasteiger partial charge < -0.3 is 0 Å². The molecule has 1 aromatic carbocycles. The average Bonchev–Trinajstić information content (AvgIpc) is 2.85. The van der Waals surface area contributed by atoms with Gasteiger partial charge in [0.2, 0.25) is 0 Å². The summed E-state index contributed by atoms with van der Waals surface area (Å²) in [4.78, 5) is 4.08. The summed E-state index contributed by atoms with van der Waals surface area (Å²) in [6, 6.07) is 13.8. The molecule has 0 aliphatic heterocycles. The Bertz CT molecular complexity index is 702. The third-order valence-electron chi connectivity index (χ3n) is 2.40. The zero-order valence-electron chi connectivity index (χ0n) is 9.04. The summed E-state index contributed by atoms with van der Waals surface area (Å²) in [7, 11) is 0. The molecule has 2 heterocycles. The molecule has 3 nitrogen and oxygen atoms in total. The summed E-state index contributed by atoms with van der Waals surface area (Å²) in [5.74, 6) is 6.21. The van der Waals surface area contributed by atoms with Crippen molar-refractivity contribution in [3.63, 3.8) is 0 Å². The Morgan fingerprint density at radius 1 is 0.882 bits per heavy atom. The minimum atomic E-state index is 0.829. The molecule has 0 unspecified atom stereocenters. The highest BCUT2D eigenvalue weighted by molar-refractivity contribution is 5.46. The van der Waals surface area contributed by atoms with E-state index >= 15 is 0 Å². The second-order valence-corrected chi connectivity index (χ2v) is 3.60. The molecule has 17 heavy (non-hydrogen) atoms. The number of rotatable bonds is 0. The molecule has 0 saturated heterocycles. The van der Waals surface area contributed by atoms with E-state index in [1.807, 2.05) is 48.7 Å². The molecular formula is C14H9N3. The second-order valence-electron chi connectivity index (χ2n) is 3.60. The van der Waals surface area contributed by atoms with Crippen molar-refractivity contribution >= 4 is 5.65 Å². The van der Waals surface area contributed by atoms with Crippen molar-refractivity contribution in [3.8, 4) is 11.8 Å². The third-order valence-corrected chi connectivity index (χ3v) is 2.40. The summed E-state index contributed by atoms with van der Waals surface area (Å²) in [6.45, 7) is 0. The fourth-order valence-corrected chi connectivity index (χ4v) is 1.56. The Labute approximate surface area is 98.7 Å². The zero-order valence-corrected chi connectivity index (χ0v) is 9.04. The fraction of sp³-hybridized carbons (Fsp3) is 0. The maximum Gasteiger partial charge on any atom is 0.155 e. The smallest absolute Gasteiger partial charge is 0.155 e. The molecule has 0 radical (unpaired) electrons. The summed E-state index contributed by atoms with van der Waals surface area (Å²) >= 11 is 0. The molecule has 0 bridgehead atoms. The Morgan fingerprint density at radius 3 is 2.59 bits per heavy atom. The molecular weight excluding hydrogens is 210 g/mol. The predicted molar refractivity (Wildman–Crippen MR) is 65.4 cm³/mol. The van der Waals surface area contributed by atoms with Crippen molar-refractivity contribution in [2.45, 2.75) is 0 Å². The van der Waals surface area contributed by atoms with E-state index in [0.717, 1.165) is 16.8 Å². The van der Waals surface area contributed by atoms with Crippen molar-refractivity contribution in [1.82, 2.24) is 14.6 Å². The van der Waals surface area contributed by atoms with Gasteiger partial charge in [-0.05, 0) is 24.3 Å². The lowest BCUT2D eigenvalue weighted by Crippen LogP contribution is -1.87. The molecule has 0 spiro atoms. The first-order valence-corrected chi connectivity index (χ1v) is 5.28. The van der Waals surface area contributed by atoms with E-state index in [9.17, 15) is 0 Å². The SMILES string of the molecule is C(#Cc1ccc2ncnn2c1)c1ccccc1. The number of hydrogen-bond donors (Lipinski definition) is 0. The molecule has 0 fully saturated rings. The first-order chi connectivity index (χ1) is 8.42. The van der Waals surface area contributed by atoms with Crippen LogP contribution >= 0.6 is 0 Å². The largest absolute Gasteiger partial charge is 0.220 e. The van der Waals surface area contributed by atoms with E-state index in [0.29, 0.717) is 0 Å². The van der Waals surface area contributed by atoms with E-state index in [2.05, 4.69) is 21.9 Å². The molecule has 0 N–H and O–H groups in total. The van der Waals surface area contributed by atoms with E-state index in [-0.39, 0.29) is 0 Å². The van der Waals surface area contributed by atoms with Gasteiger partial charge in [-0.15, -0.1) is 0 Å². The van der Waals surface area contributed by atoms with Crippen LogP contribution in [0.5, 0.6) is 0 Å². The lowest BCUT2D eigenvalue weighted by Gasteiger charge is -1.92. The Hall–Kier alpha value is -2.60. The number of hydrogen-bond acceptors (Lipinski definition) is 2. The predicted octanol–water partition coefficient (Wildman–Crippen LogP) is 2.13. The van der Waals surface area contributed by atoms with Crippen LogP contribution in [0.2, 0.25) is 0 Å². The van der Waals surface area contributed by atoms with E-state index in [4.69, 9.17) is 0 Å². The Morgan fingerprint density at radius 2 is 1.71 bits per heavy atom. The molecule has 0 aliphatic rings. The van der Waals surface area contributed by atoms with Gasteiger partial charge in [0.15, 0.2) is 5.65 Å². The number of nitrogens with zero attached hydrogens (tertiary/aromatic N) is 3. The molecule has 0 atom stereocenters.